The van der Waals surface area contributed by atoms with E-state index in [0.717, 1.165) is 29.9 Å². The van der Waals surface area contributed by atoms with Gasteiger partial charge in [0.25, 0.3) is 0 Å². The van der Waals surface area contributed by atoms with E-state index in [1.54, 1.807) is 18.6 Å². The Balaban J connectivity index is 1.63. The molecule has 0 aromatic carbocycles. The molecule has 0 unspecified atom stereocenters. The summed E-state index contributed by atoms with van der Waals surface area (Å²) in [6, 6.07) is 1.89. The average molecular weight is 300 g/mol. The summed E-state index contributed by atoms with van der Waals surface area (Å²) in [5.74, 6) is 0.555. The molecule has 22 heavy (non-hydrogen) atoms. The Hall–Kier alpha value is -2.21. The fourth-order valence-corrected chi connectivity index (χ4v) is 2.86. The van der Waals surface area contributed by atoms with E-state index in [9.17, 15) is 9.90 Å². The van der Waals surface area contributed by atoms with Crippen LogP contribution in [0.2, 0.25) is 0 Å². The number of rotatable bonds is 4. The van der Waals surface area contributed by atoms with Crippen molar-refractivity contribution in [2.24, 2.45) is 5.92 Å². The summed E-state index contributed by atoms with van der Waals surface area (Å²) in [7, 11) is 0. The summed E-state index contributed by atoms with van der Waals surface area (Å²) in [5.41, 5.74) is 1.57. The molecule has 3 heterocycles. The summed E-state index contributed by atoms with van der Waals surface area (Å²) >= 11 is 0. The summed E-state index contributed by atoms with van der Waals surface area (Å²) in [4.78, 5) is 19.8. The van der Waals surface area contributed by atoms with Crippen molar-refractivity contribution in [2.45, 2.75) is 31.3 Å². The van der Waals surface area contributed by atoms with E-state index in [2.05, 4.69) is 9.97 Å². The Labute approximate surface area is 127 Å². The predicted octanol–water partition coefficient (Wildman–Crippen LogP) is 2.78. The van der Waals surface area contributed by atoms with Crippen LogP contribution in [-0.4, -0.2) is 27.7 Å². The number of nitrogens with zero attached hydrogens (tertiary/aromatic N) is 2. The molecule has 1 aliphatic carbocycles. The van der Waals surface area contributed by atoms with Gasteiger partial charge in [0.05, 0.1) is 18.2 Å². The van der Waals surface area contributed by atoms with Crippen molar-refractivity contribution in [2.75, 3.05) is 6.61 Å². The molecule has 0 bridgehead atoms. The average Bonchev–Trinajstić information content (AvgIpc) is 3.06. The van der Waals surface area contributed by atoms with Crippen LogP contribution in [0.25, 0.3) is 11.3 Å². The van der Waals surface area contributed by atoms with Crippen LogP contribution in [0.5, 0.6) is 0 Å². The van der Waals surface area contributed by atoms with Crippen LogP contribution in [0, 0.1) is 5.92 Å². The molecule has 2 aromatic heterocycles. The van der Waals surface area contributed by atoms with Gasteiger partial charge in [0.2, 0.25) is 0 Å². The molecule has 0 spiro atoms. The number of hydrogen-bond donors (Lipinski definition) is 1. The lowest BCUT2D eigenvalue weighted by molar-refractivity contribution is -0.143. The second kappa shape index (κ2) is 5.21. The number of pyridine rings is 1. The van der Waals surface area contributed by atoms with Gasteiger partial charge in [-0.25, -0.2) is 4.98 Å². The molecule has 1 saturated carbocycles. The zero-order chi connectivity index (χ0) is 15.1. The number of carboxylic acids is 1. The molecular weight excluding hydrogens is 284 g/mol. The lowest BCUT2D eigenvalue weighted by atomic mass is 9.96. The molecule has 0 amide bonds. The third-order valence-corrected chi connectivity index (χ3v) is 4.23. The predicted molar refractivity (Wildman–Crippen MR) is 76.1 cm³/mol. The van der Waals surface area contributed by atoms with Gasteiger partial charge in [-0.05, 0) is 25.3 Å². The standard InChI is InChI=1S/C16H16N2O4/c19-16(20)12-3-4-21-14(12)11-5-10(6-17-7-11)13-8-18-15(22-13)9-1-2-9/h5-9,12,14H,1-4H2,(H,19,20)/t12-,14+/m1/s1. The molecule has 2 aliphatic rings. The van der Waals surface area contributed by atoms with Crippen molar-refractivity contribution in [1.29, 1.82) is 0 Å². The molecule has 6 nitrogen and oxygen atoms in total. The molecule has 114 valence electrons. The quantitative estimate of drug-likeness (QED) is 0.934. The fraction of sp³-hybridized carbons (Fsp3) is 0.438. The number of ether oxygens (including phenoxy) is 1. The smallest absolute Gasteiger partial charge is 0.309 e. The van der Waals surface area contributed by atoms with E-state index in [4.69, 9.17) is 9.15 Å². The highest BCUT2D eigenvalue weighted by Gasteiger charge is 2.35. The molecule has 2 atom stereocenters. The van der Waals surface area contributed by atoms with Crippen LogP contribution >= 0.6 is 0 Å². The Morgan fingerprint density at radius 1 is 1.23 bits per heavy atom. The number of hydrogen-bond acceptors (Lipinski definition) is 5. The highest BCUT2D eigenvalue weighted by molar-refractivity contribution is 5.71. The van der Waals surface area contributed by atoms with Gasteiger partial charge in [-0.2, -0.15) is 0 Å². The van der Waals surface area contributed by atoms with Crippen molar-refractivity contribution in [3.05, 3.63) is 36.1 Å². The number of aliphatic carboxylic acids is 1. The SMILES string of the molecule is O=C(O)[C@@H]1CCO[C@H]1c1cncc(-c2cnc(C3CC3)o2)c1. The molecule has 2 fully saturated rings. The maximum absolute atomic E-state index is 11.3. The topological polar surface area (TPSA) is 85.5 Å². The first-order chi connectivity index (χ1) is 10.7. The maximum Gasteiger partial charge on any atom is 0.309 e. The zero-order valence-corrected chi connectivity index (χ0v) is 11.9. The molecule has 2 aromatic rings. The third-order valence-electron chi connectivity index (χ3n) is 4.23. The van der Waals surface area contributed by atoms with Crippen LogP contribution in [0.3, 0.4) is 0 Å². The molecular formula is C16H16N2O4. The lowest BCUT2D eigenvalue weighted by Gasteiger charge is -2.15. The van der Waals surface area contributed by atoms with Crippen molar-refractivity contribution in [3.63, 3.8) is 0 Å². The maximum atomic E-state index is 11.3. The van der Waals surface area contributed by atoms with Crippen LogP contribution in [0.4, 0.5) is 0 Å². The number of oxazole rings is 1. The first-order valence-electron chi connectivity index (χ1n) is 7.48. The van der Waals surface area contributed by atoms with Gasteiger partial charge in [-0.3, -0.25) is 9.78 Å². The monoisotopic (exact) mass is 300 g/mol. The highest BCUT2D eigenvalue weighted by Crippen LogP contribution is 2.41. The van der Waals surface area contributed by atoms with Gasteiger partial charge >= 0.3 is 5.97 Å². The molecule has 1 aliphatic heterocycles. The van der Waals surface area contributed by atoms with E-state index in [1.165, 1.54) is 0 Å². The summed E-state index contributed by atoms with van der Waals surface area (Å²) in [6.45, 7) is 0.458. The van der Waals surface area contributed by atoms with Gasteiger partial charge < -0.3 is 14.3 Å². The van der Waals surface area contributed by atoms with Gasteiger partial charge in [-0.15, -0.1) is 0 Å². The summed E-state index contributed by atoms with van der Waals surface area (Å²) < 4.78 is 11.4. The van der Waals surface area contributed by atoms with Crippen LogP contribution < -0.4 is 0 Å². The zero-order valence-electron chi connectivity index (χ0n) is 11.9. The summed E-state index contributed by atoms with van der Waals surface area (Å²) in [5, 5.41) is 9.27. The van der Waals surface area contributed by atoms with Gasteiger partial charge in [0, 0.05) is 36.0 Å². The van der Waals surface area contributed by atoms with Crippen LogP contribution in [-0.2, 0) is 9.53 Å². The number of aromatic nitrogens is 2. The second-order valence-electron chi connectivity index (χ2n) is 5.87. The highest BCUT2D eigenvalue weighted by atomic mass is 16.5. The molecule has 1 saturated heterocycles. The first kappa shape index (κ1) is 13.5. The molecule has 6 heteroatoms. The van der Waals surface area contributed by atoms with Gasteiger partial charge in [0.15, 0.2) is 11.7 Å². The second-order valence-corrected chi connectivity index (χ2v) is 5.87. The van der Waals surface area contributed by atoms with Crippen molar-refractivity contribution >= 4 is 5.97 Å². The van der Waals surface area contributed by atoms with Crippen molar-refractivity contribution in [3.8, 4) is 11.3 Å². The first-order valence-corrected chi connectivity index (χ1v) is 7.48. The largest absolute Gasteiger partial charge is 0.481 e. The van der Waals surface area contributed by atoms with E-state index < -0.39 is 18.0 Å². The molecule has 4 rings (SSSR count). The Morgan fingerprint density at radius 3 is 2.86 bits per heavy atom. The Bertz CT molecular complexity index is 708. The number of carboxylic acid groups (broad SMARTS) is 1. The van der Waals surface area contributed by atoms with Gasteiger partial charge in [-0.1, -0.05) is 0 Å². The Morgan fingerprint density at radius 2 is 2.09 bits per heavy atom. The summed E-state index contributed by atoms with van der Waals surface area (Å²) in [6.07, 6.45) is 7.41. The minimum absolute atomic E-state index is 0.448. The normalized spacial score (nSPS) is 24.5. The lowest BCUT2D eigenvalue weighted by Crippen LogP contribution is -2.17. The van der Waals surface area contributed by atoms with E-state index in [0.29, 0.717) is 24.7 Å². The van der Waals surface area contributed by atoms with Crippen molar-refractivity contribution in [1.82, 2.24) is 9.97 Å². The van der Waals surface area contributed by atoms with E-state index in [-0.39, 0.29) is 0 Å². The van der Waals surface area contributed by atoms with E-state index >= 15 is 0 Å². The van der Waals surface area contributed by atoms with Crippen LogP contribution in [0.15, 0.2) is 29.1 Å². The number of carbonyl (C=O) groups is 1. The van der Waals surface area contributed by atoms with Crippen LogP contribution in [0.1, 0.15) is 42.7 Å². The van der Waals surface area contributed by atoms with Crippen molar-refractivity contribution < 1.29 is 19.1 Å². The van der Waals surface area contributed by atoms with Gasteiger partial charge in [0.1, 0.15) is 0 Å². The minimum Gasteiger partial charge on any atom is -0.481 e. The Kier molecular flexibility index (Phi) is 3.18. The molecule has 0 radical (unpaired) electrons. The molecule has 1 N–H and O–H groups in total. The van der Waals surface area contributed by atoms with E-state index in [1.807, 2.05) is 6.07 Å². The third kappa shape index (κ3) is 2.39. The fourth-order valence-electron chi connectivity index (χ4n) is 2.86. The minimum atomic E-state index is -0.830.